The molecule has 1 heteroatoms. The van der Waals surface area contributed by atoms with Gasteiger partial charge in [-0.25, -0.2) is 0 Å². The molecule has 0 spiro atoms. The Kier molecular flexibility index (Phi) is 4.42. The lowest BCUT2D eigenvalue weighted by molar-refractivity contribution is -0.0596. The van der Waals surface area contributed by atoms with Gasteiger partial charge in [-0.3, -0.25) is 0 Å². The highest BCUT2D eigenvalue weighted by molar-refractivity contribution is 5.25. The maximum atomic E-state index is 10.2. The normalized spacial score (nSPS) is 50.7. The van der Waals surface area contributed by atoms with E-state index in [1.807, 2.05) is 0 Å². The summed E-state index contributed by atoms with van der Waals surface area (Å²) in [5, 5.41) is 10.2. The lowest BCUT2D eigenvalue weighted by Crippen LogP contribution is -2.51. The maximum Gasteiger partial charge on any atom is 0.0577 e. The molecule has 1 N–H and O–H groups in total. The molecule has 4 aliphatic carbocycles. The third-order valence-corrected chi connectivity index (χ3v) is 9.84. The molecule has 8 atom stereocenters. The fraction of sp³-hybridized carbons (Fsp3) is 0.917. The van der Waals surface area contributed by atoms with Crippen LogP contribution >= 0.6 is 0 Å². The number of hydrogen-bond donors (Lipinski definition) is 1. The molecule has 0 bridgehead atoms. The van der Waals surface area contributed by atoms with Gasteiger partial charge in [-0.05, 0) is 97.7 Å². The van der Waals surface area contributed by atoms with E-state index in [1.165, 1.54) is 38.5 Å². The molecule has 4 aliphatic rings. The van der Waals surface area contributed by atoms with E-state index < -0.39 is 0 Å². The standard InChI is InChI=1S/C24H40O/c1-15(2)16(3)20-8-9-21-19-7-6-17-14-18(25)10-12-23(17,4)22(19)11-13-24(20,21)5/h6,15-16,18-22,25H,7-14H2,1-5H3/t16-,18+,19+,20?,21+,22+,23+,24-/m1/s1. The van der Waals surface area contributed by atoms with Crippen molar-refractivity contribution in [2.24, 2.45) is 46.3 Å². The highest BCUT2D eigenvalue weighted by atomic mass is 16.3. The van der Waals surface area contributed by atoms with Crippen LogP contribution in [0.25, 0.3) is 0 Å². The molecule has 0 radical (unpaired) electrons. The highest BCUT2D eigenvalue weighted by Crippen LogP contribution is 2.67. The zero-order valence-electron chi connectivity index (χ0n) is 17.2. The van der Waals surface area contributed by atoms with Crippen molar-refractivity contribution in [3.05, 3.63) is 11.6 Å². The van der Waals surface area contributed by atoms with Crippen LogP contribution in [0.2, 0.25) is 0 Å². The van der Waals surface area contributed by atoms with Gasteiger partial charge in [-0.2, -0.15) is 0 Å². The van der Waals surface area contributed by atoms with Crippen LogP contribution in [0.5, 0.6) is 0 Å². The summed E-state index contributed by atoms with van der Waals surface area (Å²) in [7, 11) is 0. The molecule has 3 fully saturated rings. The van der Waals surface area contributed by atoms with E-state index in [-0.39, 0.29) is 6.10 Å². The summed E-state index contributed by atoms with van der Waals surface area (Å²) < 4.78 is 0. The van der Waals surface area contributed by atoms with Gasteiger partial charge >= 0.3 is 0 Å². The van der Waals surface area contributed by atoms with E-state index in [9.17, 15) is 5.11 Å². The average molecular weight is 345 g/mol. The lowest BCUT2D eigenvalue weighted by atomic mass is 9.47. The third-order valence-electron chi connectivity index (χ3n) is 9.84. The molecule has 25 heavy (non-hydrogen) atoms. The van der Waals surface area contributed by atoms with Crippen LogP contribution in [0.4, 0.5) is 0 Å². The van der Waals surface area contributed by atoms with Crippen molar-refractivity contribution in [3.8, 4) is 0 Å². The molecule has 0 saturated heterocycles. The first-order chi connectivity index (χ1) is 11.8. The van der Waals surface area contributed by atoms with Gasteiger partial charge in [0.25, 0.3) is 0 Å². The second-order valence-electron chi connectivity index (χ2n) is 11.0. The fourth-order valence-corrected chi connectivity index (χ4v) is 8.01. The van der Waals surface area contributed by atoms with Crippen molar-refractivity contribution in [2.45, 2.75) is 92.1 Å². The topological polar surface area (TPSA) is 20.2 Å². The van der Waals surface area contributed by atoms with Crippen LogP contribution in [-0.2, 0) is 0 Å². The molecular formula is C24H40O. The second kappa shape index (κ2) is 6.11. The van der Waals surface area contributed by atoms with Crippen molar-refractivity contribution in [3.63, 3.8) is 0 Å². The van der Waals surface area contributed by atoms with Gasteiger partial charge in [0.05, 0.1) is 6.10 Å². The molecule has 1 unspecified atom stereocenters. The Labute approximate surface area is 155 Å². The number of fused-ring (bicyclic) bond motifs is 5. The van der Waals surface area contributed by atoms with E-state index >= 15 is 0 Å². The Morgan fingerprint density at radius 2 is 1.76 bits per heavy atom. The second-order valence-corrected chi connectivity index (χ2v) is 11.0. The Balaban J connectivity index is 1.62. The number of rotatable bonds is 2. The summed E-state index contributed by atoms with van der Waals surface area (Å²) >= 11 is 0. The summed E-state index contributed by atoms with van der Waals surface area (Å²) in [4.78, 5) is 0. The molecule has 0 aromatic heterocycles. The van der Waals surface area contributed by atoms with Crippen LogP contribution in [0.15, 0.2) is 11.6 Å². The Bertz CT molecular complexity index is 548. The zero-order chi connectivity index (χ0) is 18.0. The Morgan fingerprint density at radius 1 is 1.00 bits per heavy atom. The molecule has 4 rings (SSSR count). The van der Waals surface area contributed by atoms with Crippen LogP contribution < -0.4 is 0 Å². The van der Waals surface area contributed by atoms with Crippen LogP contribution in [0.1, 0.15) is 86.0 Å². The molecule has 0 aromatic carbocycles. The van der Waals surface area contributed by atoms with E-state index in [1.54, 1.807) is 5.57 Å². The van der Waals surface area contributed by atoms with Crippen LogP contribution in [-0.4, -0.2) is 11.2 Å². The first-order valence-electron chi connectivity index (χ1n) is 11.1. The molecule has 0 amide bonds. The van der Waals surface area contributed by atoms with Crippen molar-refractivity contribution in [1.82, 2.24) is 0 Å². The molecule has 0 heterocycles. The highest BCUT2D eigenvalue weighted by Gasteiger charge is 2.59. The van der Waals surface area contributed by atoms with Gasteiger partial charge < -0.3 is 5.11 Å². The van der Waals surface area contributed by atoms with Crippen molar-refractivity contribution >= 4 is 0 Å². The summed E-state index contributed by atoms with van der Waals surface area (Å²) in [6.07, 6.45) is 12.8. The average Bonchev–Trinajstić information content (AvgIpc) is 2.92. The number of aliphatic hydroxyl groups is 1. The van der Waals surface area contributed by atoms with E-state index in [2.05, 4.69) is 40.7 Å². The Hall–Kier alpha value is -0.300. The molecule has 3 saturated carbocycles. The lowest BCUT2D eigenvalue weighted by Gasteiger charge is -2.58. The predicted octanol–water partition coefficient (Wildman–Crippen LogP) is 6.22. The van der Waals surface area contributed by atoms with Gasteiger partial charge in [0.15, 0.2) is 0 Å². The van der Waals surface area contributed by atoms with Crippen molar-refractivity contribution < 1.29 is 5.11 Å². The number of allylic oxidation sites excluding steroid dienone is 1. The first-order valence-corrected chi connectivity index (χ1v) is 11.1. The SMILES string of the molecule is CC(C)[C@@H](C)C1CC[C@H]2[C@@H]3CC=C4C[C@@H](O)CC[C@]4(C)[C@H]3CC[C@]12C. The maximum absolute atomic E-state index is 10.2. The zero-order valence-corrected chi connectivity index (χ0v) is 17.2. The summed E-state index contributed by atoms with van der Waals surface area (Å²) in [5.41, 5.74) is 2.59. The van der Waals surface area contributed by atoms with Gasteiger partial charge in [0, 0.05) is 0 Å². The molecular weight excluding hydrogens is 304 g/mol. The minimum atomic E-state index is -0.0764. The number of aliphatic hydroxyl groups excluding tert-OH is 1. The van der Waals surface area contributed by atoms with Crippen molar-refractivity contribution in [1.29, 1.82) is 0 Å². The van der Waals surface area contributed by atoms with Crippen molar-refractivity contribution in [2.75, 3.05) is 0 Å². The minimum Gasteiger partial charge on any atom is -0.393 e. The van der Waals surface area contributed by atoms with E-state index in [0.29, 0.717) is 10.8 Å². The van der Waals surface area contributed by atoms with E-state index in [4.69, 9.17) is 0 Å². The summed E-state index contributed by atoms with van der Waals surface area (Å²) in [6.45, 7) is 12.6. The van der Waals surface area contributed by atoms with Gasteiger partial charge in [0.1, 0.15) is 0 Å². The summed E-state index contributed by atoms with van der Waals surface area (Å²) in [6, 6.07) is 0. The van der Waals surface area contributed by atoms with Crippen LogP contribution in [0.3, 0.4) is 0 Å². The molecule has 0 aromatic rings. The smallest absolute Gasteiger partial charge is 0.0577 e. The molecule has 142 valence electrons. The first kappa shape index (κ1) is 18.1. The van der Waals surface area contributed by atoms with Crippen LogP contribution in [0, 0.1) is 46.3 Å². The summed E-state index contributed by atoms with van der Waals surface area (Å²) in [5.74, 6) is 5.34. The number of hydrogen-bond acceptors (Lipinski definition) is 1. The van der Waals surface area contributed by atoms with Gasteiger partial charge in [-0.15, -0.1) is 0 Å². The monoisotopic (exact) mass is 344 g/mol. The van der Waals surface area contributed by atoms with Gasteiger partial charge in [-0.1, -0.05) is 46.3 Å². The third kappa shape index (κ3) is 2.59. The quantitative estimate of drug-likeness (QED) is 0.590. The fourth-order valence-electron chi connectivity index (χ4n) is 8.01. The molecule has 0 aliphatic heterocycles. The molecule has 1 nitrogen and oxygen atoms in total. The van der Waals surface area contributed by atoms with Gasteiger partial charge in [0.2, 0.25) is 0 Å². The Morgan fingerprint density at radius 3 is 2.48 bits per heavy atom. The largest absolute Gasteiger partial charge is 0.393 e. The minimum absolute atomic E-state index is 0.0764. The predicted molar refractivity (Wildman–Crippen MR) is 105 cm³/mol. The van der Waals surface area contributed by atoms with E-state index in [0.717, 1.165) is 48.3 Å².